The van der Waals surface area contributed by atoms with E-state index < -0.39 is 0 Å². The van der Waals surface area contributed by atoms with Crippen molar-refractivity contribution >= 4 is 43.6 Å². The van der Waals surface area contributed by atoms with Crippen LogP contribution in [0.1, 0.15) is 36.4 Å². The molecule has 4 heterocycles. The first kappa shape index (κ1) is 25.2. The highest BCUT2D eigenvalue weighted by Gasteiger charge is 2.72. The van der Waals surface area contributed by atoms with Gasteiger partial charge in [-0.2, -0.15) is 0 Å². The average Bonchev–Trinajstić information content (AvgIpc) is 3.32. The maximum absolute atomic E-state index is 4.13. The van der Waals surface area contributed by atoms with Gasteiger partial charge in [0, 0.05) is 27.2 Å². The van der Waals surface area contributed by atoms with Crippen molar-refractivity contribution in [2.45, 2.75) is 30.8 Å². The van der Waals surface area contributed by atoms with E-state index in [9.17, 15) is 0 Å². The summed E-state index contributed by atoms with van der Waals surface area (Å²) in [5.74, 6) is 0. The van der Waals surface area contributed by atoms with Gasteiger partial charge in [0.05, 0.1) is 39.8 Å². The van der Waals surface area contributed by atoms with Crippen molar-refractivity contribution in [2.24, 2.45) is 0 Å². The molecule has 1 N–H and O–H groups in total. The van der Waals surface area contributed by atoms with Crippen LogP contribution in [0.2, 0.25) is 0 Å². The molecule has 8 aromatic rings. The van der Waals surface area contributed by atoms with Crippen LogP contribution in [0.5, 0.6) is 0 Å². The minimum atomic E-state index is -0.108. The number of hydrogen-bond acceptors (Lipinski definition) is 2. The number of nitrogens with zero attached hydrogens (tertiary/aromatic N) is 3. The highest BCUT2D eigenvalue weighted by Crippen LogP contribution is 2.66. The molecule has 2 aliphatic heterocycles. The number of para-hydroxylation sites is 3. The molecule has 216 valence electrons. The van der Waals surface area contributed by atoms with E-state index in [0.29, 0.717) is 6.04 Å². The molecule has 0 radical (unpaired) electrons. The van der Waals surface area contributed by atoms with E-state index in [2.05, 4.69) is 178 Å². The molecule has 6 aromatic carbocycles. The highest BCUT2D eigenvalue weighted by molar-refractivity contribution is 6.28. The van der Waals surface area contributed by atoms with Crippen LogP contribution in [0.15, 0.2) is 152 Å². The van der Waals surface area contributed by atoms with Crippen molar-refractivity contribution < 1.29 is 0 Å². The Hall–Kier alpha value is -5.16. The molecule has 0 aliphatic carbocycles. The zero-order valence-corrected chi connectivity index (χ0v) is 25.0. The van der Waals surface area contributed by atoms with Crippen LogP contribution in [-0.2, 0) is 0 Å². The number of benzene rings is 6. The first-order valence-electron chi connectivity index (χ1n) is 15.9. The largest absolute Gasteiger partial charge is 0.322 e. The van der Waals surface area contributed by atoms with Crippen LogP contribution in [0.3, 0.4) is 0 Å². The summed E-state index contributed by atoms with van der Waals surface area (Å²) in [6.07, 6.45) is 0.182. The van der Waals surface area contributed by atoms with Crippen molar-refractivity contribution in [1.29, 1.82) is 0 Å². The summed E-state index contributed by atoms with van der Waals surface area (Å²) in [6, 6.07) is 55.6. The summed E-state index contributed by atoms with van der Waals surface area (Å²) < 4.78 is 5.03. The van der Waals surface area contributed by atoms with Crippen molar-refractivity contribution in [1.82, 2.24) is 19.4 Å². The van der Waals surface area contributed by atoms with Crippen molar-refractivity contribution in [3.05, 3.63) is 163 Å². The Bertz CT molecular complexity index is 2350. The second kappa shape index (κ2) is 9.18. The summed E-state index contributed by atoms with van der Waals surface area (Å²) in [7, 11) is 0. The van der Waals surface area contributed by atoms with E-state index in [1.807, 2.05) is 0 Å². The van der Waals surface area contributed by atoms with Crippen LogP contribution >= 0.6 is 0 Å². The van der Waals surface area contributed by atoms with Gasteiger partial charge in [-0.1, -0.05) is 115 Å². The minimum Gasteiger partial charge on any atom is -0.322 e. The summed E-state index contributed by atoms with van der Waals surface area (Å²) in [5, 5.41) is 9.36. The van der Waals surface area contributed by atoms with E-state index in [-0.39, 0.29) is 17.9 Å². The molecule has 2 aliphatic rings. The van der Waals surface area contributed by atoms with Gasteiger partial charge in [0.1, 0.15) is 6.17 Å². The Morgan fingerprint density at radius 2 is 1.04 bits per heavy atom. The molecular weight excluding hydrogens is 548 g/mol. The zero-order valence-electron chi connectivity index (χ0n) is 25.0. The molecule has 4 nitrogen and oxygen atoms in total. The molecule has 4 heteroatoms. The lowest BCUT2D eigenvalue weighted by Crippen LogP contribution is -2.34. The van der Waals surface area contributed by atoms with Gasteiger partial charge in [-0.3, -0.25) is 10.2 Å². The standard InChI is InChI=1S/C41H32N4/c1-41-38(27-15-5-2-6-16-27)45(41)39(28-17-7-3-8-18-28)42-40(41)44-33-24-14-12-22-31(33)37-35(44)26-25-34-36(37)30-21-11-13-23-32(30)43(34)29-19-9-4-10-20-29/h2-26,38-40,42H,1H3. The van der Waals surface area contributed by atoms with Crippen LogP contribution in [0.4, 0.5) is 0 Å². The normalized spacial score (nSPS) is 24.1. The van der Waals surface area contributed by atoms with E-state index in [0.717, 1.165) is 0 Å². The van der Waals surface area contributed by atoms with Gasteiger partial charge in [-0.15, -0.1) is 0 Å². The van der Waals surface area contributed by atoms with E-state index in [4.69, 9.17) is 0 Å². The average molecular weight is 581 g/mol. The molecule has 45 heavy (non-hydrogen) atoms. The lowest BCUT2D eigenvalue weighted by atomic mass is 9.97. The fourth-order valence-electron chi connectivity index (χ4n) is 8.59. The van der Waals surface area contributed by atoms with Gasteiger partial charge in [0.15, 0.2) is 0 Å². The van der Waals surface area contributed by atoms with Crippen molar-refractivity contribution in [2.75, 3.05) is 0 Å². The van der Waals surface area contributed by atoms with Crippen LogP contribution in [-0.4, -0.2) is 19.6 Å². The smallest absolute Gasteiger partial charge is 0.106 e. The van der Waals surface area contributed by atoms with Crippen LogP contribution < -0.4 is 5.32 Å². The fraction of sp³-hybridized carbons (Fsp3) is 0.122. The molecule has 0 bridgehead atoms. The number of aromatic nitrogens is 2. The van der Waals surface area contributed by atoms with Gasteiger partial charge >= 0.3 is 0 Å². The predicted molar refractivity (Wildman–Crippen MR) is 185 cm³/mol. The third kappa shape index (κ3) is 3.33. The van der Waals surface area contributed by atoms with Gasteiger partial charge in [-0.05, 0) is 54.4 Å². The fourth-order valence-corrected chi connectivity index (χ4v) is 8.59. The molecule has 2 saturated heterocycles. The van der Waals surface area contributed by atoms with E-state index >= 15 is 0 Å². The Balaban J connectivity index is 1.27. The summed E-state index contributed by atoms with van der Waals surface area (Å²) in [5.41, 5.74) is 8.76. The minimum absolute atomic E-state index is 0.0650. The molecule has 5 unspecified atom stereocenters. The summed E-state index contributed by atoms with van der Waals surface area (Å²) >= 11 is 0. The quantitative estimate of drug-likeness (QED) is 0.210. The van der Waals surface area contributed by atoms with Crippen LogP contribution in [0, 0.1) is 0 Å². The van der Waals surface area contributed by atoms with Crippen molar-refractivity contribution in [3.8, 4) is 5.69 Å². The van der Waals surface area contributed by atoms with Crippen LogP contribution in [0.25, 0.3) is 49.3 Å². The second-order valence-corrected chi connectivity index (χ2v) is 12.8. The SMILES string of the molecule is CC12C(c3ccccc3)N1C(c1ccccc1)NC2n1c2ccccc2c2c3c4ccccc4n(-c4ccccc4)c3ccc21. The van der Waals surface area contributed by atoms with Gasteiger partial charge in [-0.25, -0.2) is 0 Å². The molecule has 0 amide bonds. The second-order valence-electron chi connectivity index (χ2n) is 12.8. The summed E-state index contributed by atoms with van der Waals surface area (Å²) in [6.45, 7) is 2.45. The number of fused-ring (bicyclic) bond motifs is 8. The molecular formula is C41H32N4. The van der Waals surface area contributed by atoms with E-state index in [1.54, 1.807) is 0 Å². The third-order valence-electron chi connectivity index (χ3n) is 10.5. The molecule has 2 fully saturated rings. The monoisotopic (exact) mass is 580 g/mol. The maximum Gasteiger partial charge on any atom is 0.106 e. The third-order valence-corrected chi connectivity index (χ3v) is 10.5. The van der Waals surface area contributed by atoms with Crippen molar-refractivity contribution in [3.63, 3.8) is 0 Å². The highest BCUT2D eigenvalue weighted by atomic mass is 15.6. The Morgan fingerprint density at radius 1 is 0.511 bits per heavy atom. The van der Waals surface area contributed by atoms with E-state index in [1.165, 1.54) is 60.4 Å². The molecule has 0 saturated carbocycles. The van der Waals surface area contributed by atoms with Gasteiger partial charge in [0.2, 0.25) is 0 Å². The number of hydrogen-bond donors (Lipinski definition) is 1. The first-order valence-corrected chi connectivity index (χ1v) is 15.9. The molecule has 10 rings (SSSR count). The lowest BCUT2D eigenvalue weighted by molar-refractivity contribution is 0.338. The maximum atomic E-state index is 4.13. The lowest BCUT2D eigenvalue weighted by Gasteiger charge is -2.27. The number of nitrogens with one attached hydrogen (secondary N) is 1. The first-order chi connectivity index (χ1) is 22.2. The molecule has 2 aromatic heterocycles. The van der Waals surface area contributed by atoms with Gasteiger partial charge in [0.25, 0.3) is 0 Å². The predicted octanol–water partition coefficient (Wildman–Crippen LogP) is 9.51. The van der Waals surface area contributed by atoms with Gasteiger partial charge < -0.3 is 9.13 Å². The topological polar surface area (TPSA) is 24.9 Å². The molecule has 0 spiro atoms. The zero-order chi connectivity index (χ0) is 29.7. The Labute approximate surface area is 261 Å². The number of rotatable bonds is 4. The Kier molecular flexibility index (Phi) is 5.14. The Morgan fingerprint density at radius 3 is 1.76 bits per heavy atom. The summed E-state index contributed by atoms with van der Waals surface area (Å²) in [4.78, 5) is 2.68. The molecule has 5 atom stereocenters.